The van der Waals surface area contributed by atoms with Crippen molar-refractivity contribution in [1.29, 1.82) is 0 Å². The van der Waals surface area contributed by atoms with Gasteiger partial charge in [0, 0.05) is 13.1 Å². The van der Waals surface area contributed by atoms with E-state index in [1.54, 1.807) is 11.8 Å². The fraction of sp³-hybridized carbons (Fsp3) is 0.750. The highest BCUT2D eigenvalue weighted by atomic mass is 16.2. The van der Waals surface area contributed by atoms with Crippen molar-refractivity contribution in [3.05, 3.63) is 0 Å². The summed E-state index contributed by atoms with van der Waals surface area (Å²) >= 11 is 0. The van der Waals surface area contributed by atoms with Crippen LogP contribution in [0.2, 0.25) is 0 Å². The highest BCUT2D eigenvalue weighted by Crippen LogP contribution is 2.08. The van der Waals surface area contributed by atoms with Gasteiger partial charge in [-0.1, -0.05) is 0 Å². The third-order valence-electron chi connectivity index (χ3n) is 3.27. The number of nitrogens with two attached hydrogens (primary N) is 1. The highest BCUT2D eigenvalue weighted by molar-refractivity contribution is 5.91. The van der Waals surface area contributed by atoms with Crippen LogP contribution >= 0.6 is 0 Å². The molecule has 8 heteroatoms. The lowest BCUT2D eigenvalue weighted by Crippen LogP contribution is -2.54. The Kier molecular flexibility index (Phi) is 6.23. The summed E-state index contributed by atoms with van der Waals surface area (Å²) in [5, 5.41) is 5.10. The normalized spacial score (nSPS) is 17.9. The number of hydrogen-bond donors (Lipinski definition) is 4. The number of amides is 4. The summed E-state index contributed by atoms with van der Waals surface area (Å²) in [4.78, 5) is 36.6. The number of hydrogen-bond acceptors (Lipinski definition) is 4. The average Bonchev–Trinajstić information content (AvgIpc) is 2.46. The lowest BCUT2D eigenvalue weighted by atomic mass is 10.1. The van der Waals surface area contributed by atoms with Crippen LogP contribution in [0, 0.1) is 0 Å². The average molecular weight is 285 g/mol. The standard InChI is InChI=1S/C12H23N5O3/c1-8(10(18)14-9(2)11(19)16-13)15-12(20)17-6-4-3-5-7-17/h8-9H,3-7,13H2,1-2H3,(H,14,18)(H,15,20)(H,16,19)/t8-,9-/m0/s1. The van der Waals surface area contributed by atoms with Gasteiger partial charge in [0.25, 0.3) is 5.91 Å². The largest absolute Gasteiger partial charge is 0.343 e. The van der Waals surface area contributed by atoms with E-state index >= 15 is 0 Å². The van der Waals surface area contributed by atoms with Crippen molar-refractivity contribution in [2.45, 2.75) is 45.2 Å². The Labute approximate surface area is 118 Å². The fourth-order valence-corrected chi connectivity index (χ4v) is 1.97. The molecule has 1 rings (SSSR count). The Bertz CT molecular complexity index is 368. The molecule has 114 valence electrons. The van der Waals surface area contributed by atoms with Gasteiger partial charge in [0.1, 0.15) is 12.1 Å². The van der Waals surface area contributed by atoms with Gasteiger partial charge in [0.15, 0.2) is 0 Å². The zero-order valence-corrected chi connectivity index (χ0v) is 11.9. The van der Waals surface area contributed by atoms with Crippen LogP contribution in [0.1, 0.15) is 33.1 Å². The maximum absolute atomic E-state index is 11.9. The van der Waals surface area contributed by atoms with Crippen molar-refractivity contribution in [3.8, 4) is 0 Å². The van der Waals surface area contributed by atoms with E-state index < -0.39 is 23.9 Å². The van der Waals surface area contributed by atoms with Gasteiger partial charge in [-0.3, -0.25) is 15.0 Å². The molecule has 0 unspecified atom stereocenters. The van der Waals surface area contributed by atoms with E-state index in [1.165, 1.54) is 6.92 Å². The first-order chi connectivity index (χ1) is 9.45. The summed E-state index contributed by atoms with van der Waals surface area (Å²) in [5.74, 6) is 4.06. The Morgan fingerprint density at radius 3 is 2.05 bits per heavy atom. The monoisotopic (exact) mass is 285 g/mol. The molecule has 1 fully saturated rings. The molecule has 1 heterocycles. The minimum absolute atomic E-state index is 0.247. The third kappa shape index (κ3) is 4.69. The maximum atomic E-state index is 11.9. The molecule has 8 nitrogen and oxygen atoms in total. The van der Waals surface area contributed by atoms with Crippen molar-refractivity contribution in [2.75, 3.05) is 13.1 Å². The van der Waals surface area contributed by atoms with Gasteiger partial charge in [-0.2, -0.15) is 0 Å². The molecular weight excluding hydrogens is 262 g/mol. The Balaban J connectivity index is 2.40. The minimum atomic E-state index is -0.748. The summed E-state index contributed by atoms with van der Waals surface area (Å²) in [5.41, 5.74) is 1.95. The van der Waals surface area contributed by atoms with Gasteiger partial charge < -0.3 is 15.5 Å². The van der Waals surface area contributed by atoms with Gasteiger partial charge in [-0.05, 0) is 33.1 Å². The number of piperidine rings is 1. The van der Waals surface area contributed by atoms with E-state index in [0.29, 0.717) is 13.1 Å². The van der Waals surface area contributed by atoms with Gasteiger partial charge >= 0.3 is 6.03 Å². The Morgan fingerprint density at radius 2 is 1.50 bits per heavy atom. The number of hydrazine groups is 1. The smallest absolute Gasteiger partial charge is 0.318 e. The van der Waals surface area contributed by atoms with Crippen molar-refractivity contribution >= 4 is 17.8 Å². The van der Waals surface area contributed by atoms with Crippen LogP contribution < -0.4 is 21.9 Å². The van der Waals surface area contributed by atoms with Crippen molar-refractivity contribution in [2.24, 2.45) is 5.84 Å². The van der Waals surface area contributed by atoms with Crippen LogP contribution in [0.4, 0.5) is 4.79 Å². The molecule has 0 aromatic carbocycles. The minimum Gasteiger partial charge on any atom is -0.343 e. The lowest BCUT2D eigenvalue weighted by Gasteiger charge is -2.28. The molecule has 0 bridgehead atoms. The van der Waals surface area contributed by atoms with Gasteiger partial charge in [0.05, 0.1) is 0 Å². The van der Waals surface area contributed by atoms with Crippen LogP contribution in [0.15, 0.2) is 0 Å². The van der Waals surface area contributed by atoms with Crippen LogP contribution in [0.5, 0.6) is 0 Å². The number of carbonyl (C=O) groups is 3. The first-order valence-electron chi connectivity index (χ1n) is 6.82. The van der Waals surface area contributed by atoms with Crippen LogP contribution in [0.25, 0.3) is 0 Å². The molecule has 20 heavy (non-hydrogen) atoms. The molecule has 0 saturated carbocycles. The molecular formula is C12H23N5O3. The zero-order chi connectivity index (χ0) is 15.1. The lowest BCUT2D eigenvalue weighted by molar-refractivity contribution is -0.129. The molecule has 0 spiro atoms. The van der Waals surface area contributed by atoms with Crippen LogP contribution in [-0.2, 0) is 9.59 Å². The second-order valence-corrected chi connectivity index (χ2v) is 4.96. The van der Waals surface area contributed by atoms with Gasteiger partial charge in [0.2, 0.25) is 5.91 Å². The second-order valence-electron chi connectivity index (χ2n) is 4.96. The molecule has 1 aliphatic rings. The molecule has 4 amide bonds. The number of rotatable bonds is 4. The molecule has 0 aromatic rings. The molecule has 0 aromatic heterocycles. The molecule has 5 N–H and O–H groups in total. The molecule has 0 radical (unpaired) electrons. The summed E-state index contributed by atoms with van der Waals surface area (Å²) in [6.07, 6.45) is 3.11. The molecule has 1 saturated heterocycles. The molecule has 0 aliphatic carbocycles. The second kappa shape index (κ2) is 7.68. The van der Waals surface area contributed by atoms with Crippen molar-refractivity contribution < 1.29 is 14.4 Å². The van der Waals surface area contributed by atoms with E-state index in [1.807, 2.05) is 5.43 Å². The first-order valence-corrected chi connectivity index (χ1v) is 6.82. The number of urea groups is 1. The van der Waals surface area contributed by atoms with Crippen molar-refractivity contribution in [1.82, 2.24) is 21.0 Å². The van der Waals surface area contributed by atoms with E-state index in [0.717, 1.165) is 19.3 Å². The predicted molar refractivity (Wildman–Crippen MR) is 73.4 cm³/mol. The van der Waals surface area contributed by atoms with E-state index in [2.05, 4.69) is 10.6 Å². The quantitative estimate of drug-likeness (QED) is 0.303. The maximum Gasteiger partial charge on any atom is 0.318 e. The zero-order valence-electron chi connectivity index (χ0n) is 11.9. The Morgan fingerprint density at radius 1 is 0.950 bits per heavy atom. The first kappa shape index (κ1) is 16.2. The summed E-state index contributed by atoms with van der Waals surface area (Å²) in [6, 6.07) is -1.71. The topological polar surface area (TPSA) is 117 Å². The summed E-state index contributed by atoms with van der Waals surface area (Å²) < 4.78 is 0. The predicted octanol–water partition coefficient (Wildman–Crippen LogP) is -0.935. The number of likely N-dealkylation sites (tertiary alicyclic amines) is 1. The number of nitrogens with zero attached hydrogens (tertiary/aromatic N) is 1. The molecule has 2 atom stereocenters. The SMILES string of the molecule is C[C@H](NC(=O)[C@H](C)NC(=O)N1CCCCC1)C(=O)NN. The highest BCUT2D eigenvalue weighted by Gasteiger charge is 2.23. The van der Waals surface area contributed by atoms with Gasteiger partial charge in [-0.25, -0.2) is 10.6 Å². The number of carbonyl (C=O) groups excluding carboxylic acids is 3. The summed E-state index contributed by atoms with van der Waals surface area (Å²) in [7, 11) is 0. The Hall–Kier alpha value is -1.83. The summed E-state index contributed by atoms with van der Waals surface area (Å²) in [6.45, 7) is 4.52. The van der Waals surface area contributed by atoms with Crippen LogP contribution in [0.3, 0.4) is 0 Å². The van der Waals surface area contributed by atoms with E-state index in [9.17, 15) is 14.4 Å². The fourth-order valence-electron chi connectivity index (χ4n) is 1.97. The van der Waals surface area contributed by atoms with Gasteiger partial charge in [-0.15, -0.1) is 0 Å². The van der Waals surface area contributed by atoms with E-state index in [4.69, 9.17) is 5.84 Å². The third-order valence-corrected chi connectivity index (χ3v) is 3.27. The van der Waals surface area contributed by atoms with E-state index in [-0.39, 0.29) is 6.03 Å². The van der Waals surface area contributed by atoms with Crippen LogP contribution in [-0.4, -0.2) is 47.9 Å². The van der Waals surface area contributed by atoms with Crippen molar-refractivity contribution in [3.63, 3.8) is 0 Å². The molecule has 1 aliphatic heterocycles. The number of nitrogens with one attached hydrogen (secondary N) is 3.